The van der Waals surface area contributed by atoms with E-state index in [1.807, 2.05) is 13.8 Å². The maximum atomic E-state index is 12.0. The molecule has 0 aromatic carbocycles. The first-order valence-corrected chi connectivity index (χ1v) is 6.27. The second-order valence-corrected chi connectivity index (χ2v) is 4.39. The molecule has 6 heteroatoms. The van der Waals surface area contributed by atoms with Crippen LogP contribution < -0.4 is 10.6 Å². The first-order valence-electron chi connectivity index (χ1n) is 5.89. The van der Waals surface area contributed by atoms with E-state index in [0.29, 0.717) is 29.7 Å². The van der Waals surface area contributed by atoms with Gasteiger partial charge in [0.05, 0.1) is 6.54 Å². The molecule has 0 radical (unpaired) electrons. The number of nitrogen functional groups attached to an aromatic ring is 1. The predicted octanol–water partition coefficient (Wildman–Crippen LogP) is 1.62. The fraction of sp³-hybridized carbons (Fsp3) is 0.500. The van der Waals surface area contributed by atoms with Gasteiger partial charge in [-0.15, -0.1) is 0 Å². The Morgan fingerprint density at radius 1 is 1.39 bits per heavy atom. The lowest BCUT2D eigenvalue weighted by molar-refractivity contribution is -0.129. The largest absolute Gasteiger partial charge is 0.399 e. The molecule has 0 saturated carbocycles. The summed E-state index contributed by atoms with van der Waals surface area (Å²) in [4.78, 5) is 19.6. The van der Waals surface area contributed by atoms with Crippen LogP contribution >= 0.6 is 11.6 Å². The van der Waals surface area contributed by atoms with Crippen molar-refractivity contribution in [3.63, 3.8) is 0 Å². The molecule has 0 atom stereocenters. The molecule has 0 saturated heterocycles. The highest BCUT2D eigenvalue weighted by molar-refractivity contribution is 6.29. The molecule has 0 fully saturated rings. The number of hydrogen-bond donors (Lipinski definition) is 1. The number of nitrogens with zero attached hydrogens (tertiary/aromatic N) is 3. The van der Waals surface area contributed by atoms with Crippen LogP contribution in [0.2, 0.25) is 5.15 Å². The van der Waals surface area contributed by atoms with Crippen molar-refractivity contribution in [3.8, 4) is 0 Å². The molecule has 5 nitrogen and oxygen atoms in total. The Balaban J connectivity index is 2.75. The minimum Gasteiger partial charge on any atom is -0.399 e. The summed E-state index contributed by atoms with van der Waals surface area (Å²) >= 11 is 5.83. The highest BCUT2D eigenvalue weighted by atomic mass is 35.5. The number of likely N-dealkylation sites (N-methyl/N-ethyl adjacent to an activating group) is 2. The topological polar surface area (TPSA) is 62.5 Å². The molecule has 2 N–H and O–H groups in total. The number of carbonyl (C=O) groups is 1. The van der Waals surface area contributed by atoms with Gasteiger partial charge in [0.2, 0.25) is 5.91 Å². The van der Waals surface area contributed by atoms with Gasteiger partial charge in [-0.25, -0.2) is 4.98 Å². The maximum Gasteiger partial charge on any atom is 0.242 e. The number of halogens is 1. The zero-order valence-electron chi connectivity index (χ0n) is 11.0. The SMILES string of the molecule is CCN(CC)C(=O)CN(C)c1cc(N)cc(Cl)n1. The molecule has 1 rings (SSSR count). The number of carbonyl (C=O) groups excluding carboxylic acids is 1. The molecule has 0 spiro atoms. The van der Waals surface area contributed by atoms with Crippen LogP contribution in [-0.2, 0) is 4.79 Å². The van der Waals surface area contributed by atoms with Gasteiger partial charge >= 0.3 is 0 Å². The van der Waals surface area contributed by atoms with Gasteiger partial charge in [-0.1, -0.05) is 11.6 Å². The third kappa shape index (κ3) is 3.77. The van der Waals surface area contributed by atoms with Crippen molar-refractivity contribution in [2.45, 2.75) is 13.8 Å². The maximum absolute atomic E-state index is 12.0. The fourth-order valence-corrected chi connectivity index (χ4v) is 1.87. The van der Waals surface area contributed by atoms with E-state index in [-0.39, 0.29) is 12.5 Å². The number of amides is 1. The second kappa shape index (κ2) is 6.44. The van der Waals surface area contributed by atoms with Gasteiger partial charge in [-0.05, 0) is 19.9 Å². The standard InChI is InChI=1S/C12H19ClN4O/c1-4-17(5-2)12(18)8-16(3)11-7-9(14)6-10(13)15-11/h6-7H,4-5,8H2,1-3H3,(H2,14,15). The molecule has 0 unspecified atom stereocenters. The van der Waals surface area contributed by atoms with Crippen LogP contribution in [-0.4, -0.2) is 42.5 Å². The summed E-state index contributed by atoms with van der Waals surface area (Å²) in [5.41, 5.74) is 6.23. The van der Waals surface area contributed by atoms with Crippen molar-refractivity contribution < 1.29 is 4.79 Å². The van der Waals surface area contributed by atoms with Crippen LogP contribution in [0.1, 0.15) is 13.8 Å². The number of aromatic nitrogens is 1. The van der Waals surface area contributed by atoms with E-state index in [1.54, 1.807) is 29.0 Å². The number of anilines is 2. The summed E-state index contributed by atoms with van der Waals surface area (Å²) in [6.07, 6.45) is 0. The number of nitrogens with two attached hydrogens (primary N) is 1. The normalized spacial score (nSPS) is 10.2. The second-order valence-electron chi connectivity index (χ2n) is 4.00. The van der Waals surface area contributed by atoms with Crippen molar-refractivity contribution in [2.75, 3.05) is 37.3 Å². The van der Waals surface area contributed by atoms with Gasteiger partial charge in [0.1, 0.15) is 11.0 Å². The average Bonchev–Trinajstić information content (AvgIpc) is 2.29. The lowest BCUT2D eigenvalue weighted by Gasteiger charge is -2.24. The minimum absolute atomic E-state index is 0.0582. The molecule has 0 aliphatic carbocycles. The fourth-order valence-electron chi connectivity index (χ4n) is 1.66. The molecule has 0 aliphatic heterocycles. The van der Waals surface area contributed by atoms with Crippen LogP contribution in [0.25, 0.3) is 0 Å². The zero-order chi connectivity index (χ0) is 13.7. The van der Waals surface area contributed by atoms with Crippen LogP contribution in [0.3, 0.4) is 0 Å². The Labute approximate surface area is 113 Å². The smallest absolute Gasteiger partial charge is 0.242 e. The Bertz CT molecular complexity index is 400. The third-order valence-corrected chi connectivity index (χ3v) is 2.88. The van der Waals surface area contributed by atoms with Crippen LogP contribution in [0.15, 0.2) is 12.1 Å². The molecule has 1 amide bonds. The van der Waals surface area contributed by atoms with E-state index in [0.717, 1.165) is 0 Å². The van der Waals surface area contributed by atoms with Crippen molar-refractivity contribution in [1.82, 2.24) is 9.88 Å². The number of hydrogen-bond acceptors (Lipinski definition) is 4. The molecule has 100 valence electrons. The first-order chi connectivity index (χ1) is 8.47. The Morgan fingerprint density at radius 2 is 2.00 bits per heavy atom. The quantitative estimate of drug-likeness (QED) is 0.826. The Hall–Kier alpha value is -1.49. The number of pyridine rings is 1. The van der Waals surface area contributed by atoms with Crippen molar-refractivity contribution in [3.05, 3.63) is 17.3 Å². The average molecular weight is 271 g/mol. The Morgan fingerprint density at radius 3 is 2.50 bits per heavy atom. The molecule has 0 bridgehead atoms. The van der Waals surface area contributed by atoms with Crippen LogP contribution in [0.4, 0.5) is 11.5 Å². The van der Waals surface area contributed by atoms with E-state index >= 15 is 0 Å². The van der Waals surface area contributed by atoms with Crippen molar-refractivity contribution in [1.29, 1.82) is 0 Å². The summed E-state index contributed by atoms with van der Waals surface area (Å²) < 4.78 is 0. The zero-order valence-corrected chi connectivity index (χ0v) is 11.7. The van der Waals surface area contributed by atoms with Gasteiger partial charge in [0.25, 0.3) is 0 Å². The van der Waals surface area contributed by atoms with E-state index < -0.39 is 0 Å². The first kappa shape index (κ1) is 14.6. The minimum atomic E-state index is 0.0582. The number of rotatable bonds is 5. The van der Waals surface area contributed by atoms with Crippen LogP contribution in [0, 0.1) is 0 Å². The highest BCUT2D eigenvalue weighted by Gasteiger charge is 2.14. The van der Waals surface area contributed by atoms with Gasteiger partial charge in [0, 0.05) is 31.9 Å². The molecule has 0 aliphatic rings. The van der Waals surface area contributed by atoms with E-state index in [2.05, 4.69) is 4.98 Å². The van der Waals surface area contributed by atoms with E-state index in [9.17, 15) is 4.79 Å². The molecule has 1 aromatic heterocycles. The molecular formula is C12H19ClN4O. The van der Waals surface area contributed by atoms with E-state index in [1.165, 1.54) is 0 Å². The third-order valence-electron chi connectivity index (χ3n) is 2.68. The summed E-state index contributed by atoms with van der Waals surface area (Å²) in [6, 6.07) is 3.27. The summed E-state index contributed by atoms with van der Waals surface area (Å²) in [5.74, 6) is 0.656. The van der Waals surface area contributed by atoms with Gasteiger partial charge < -0.3 is 15.5 Å². The monoisotopic (exact) mass is 270 g/mol. The molecule has 18 heavy (non-hydrogen) atoms. The van der Waals surface area contributed by atoms with Crippen molar-refractivity contribution in [2.24, 2.45) is 0 Å². The summed E-state index contributed by atoms with van der Waals surface area (Å²) in [7, 11) is 1.79. The Kier molecular flexibility index (Phi) is 5.22. The van der Waals surface area contributed by atoms with E-state index in [4.69, 9.17) is 17.3 Å². The van der Waals surface area contributed by atoms with Gasteiger partial charge in [-0.2, -0.15) is 0 Å². The molecule has 1 aromatic rings. The molecule has 1 heterocycles. The van der Waals surface area contributed by atoms with Gasteiger partial charge in [0.15, 0.2) is 0 Å². The lowest BCUT2D eigenvalue weighted by Crippen LogP contribution is -2.39. The van der Waals surface area contributed by atoms with Gasteiger partial charge in [-0.3, -0.25) is 4.79 Å². The lowest BCUT2D eigenvalue weighted by atomic mass is 10.3. The van der Waals surface area contributed by atoms with Crippen molar-refractivity contribution >= 4 is 29.0 Å². The molecular weight excluding hydrogens is 252 g/mol. The highest BCUT2D eigenvalue weighted by Crippen LogP contribution is 2.18. The summed E-state index contributed by atoms with van der Waals surface area (Å²) in [6.45, 7) is 5.57. The van der Waals surface area contributed by atoms with Crippen LogP contribution in [0.5, 0.6) is 0 Å². The summed E-state index contributed by atoms with van der Waals surface area (Å²) in [5, 5.41) is 0.326. The predicted molar refractivity (Wildman–Crippen MR) is 74.9 cm³/mol.